The second-order valence-corrected chi connectivity index (χ2v) is 4.51. The maximum absolute atomic E-state index is 8.73. The first kappa shape index (κ1) is 11.5. The maximum atomic E-state index is 8.73. The van der Waals surface area contributed by atoms with E-state index in [2.05, 4.69) is 5.16 Å². The highest BCUT2D eigenvalue weighted by atomic mass is 32.2. The molecule has 0 bridgehead atoms. The van der Waals surface area contributed by atoms with Gasteiger partial charge in [0.05, 0.1) is 0 Å². The summed E-state index contributed by atoms with van der Waals surface area (Å²) in [5, 5.41) is 11.8. The Hall–Kier alpha value is -1.94. The van der Waals surface area contributed by atoms with E-state index in [0.29, 0.717) is 0 Å². The molecule has 3 N–H and O–H groups in total. The topological polar surface area (TPSA) is 58.6 Å². The highest BCUT2D eigenvalue weighted by molar-refractivity contribution is 7.99. The summed E-state index contributed by atoms with van der Waals surface area (Å²) >= 11 is 1.59. The lowest BCUT2D eigenvalue weighted by molar-refractivity contribution is 0.318. The summed E-state index contributed by atoms with van der Waals surface area (Å²) in [4.78, 5) is 2.08. The summed E-state index contributed by atoms with van der Waals surface area (Å²) in [7, 11) is 0. The molecule has 2 rings (SSSR count). The molecule has 17 heavy (non-hydrogen) atoms. The van der Waals surface area contributed by atoms with Gasteiger partial charge in [0.15, 0.2) is 5.84 Å². The number of hydrogen-bond acceptors (Lipinski definition) is 3. The van der Waals surface area contributed by atoms with Gasteiger partial charge in [-0.15, -0.1) is 0 Å². The summed E-state index contributed by atoms with van der Waals surface area (Å²) in [5.41, 5.74) is 6.38. The molecule has 4 heteroatoms. The molecular formula is C13H12N2OS. The standard InChI is InChI=1S/C13H12N2OS/c14-13(15-16)11-8-4-5-9-12(11)17-10-6-2-1-3-7-10/h1-9,16H,(H2,14,15). The van der Waals surface area contributed by atoms with Crippen LogP contribution in [0.15, 0.2) is 69.5 Å². The lowest BCUT2D eigenvalue weighted by Gasteiger charge is -2.07. The summed E-state index contributed by atoms with van der Waals surface area (Å²) in [6.07, 6.45) is 0. The number of nitrogens with two attached hydrogens (primary N) is 1. The van der Waals surface area contributed by atoms with Gasteiger partial charge in [-0.05, 0) is 18.2 Å². The lowest BCUT2D eigenvalue weighted by atomic mass is 10.2. The van der Waals surface area contributed by atoms with Gasteiger partial charge in [0.1, 0.15) is 0 Å². The van der Waals surface area contributed by atoms with Crippen LogP contribution < -0.4 is 5.73 Å². The molecule has 0 saturated carbocycles. The van der Waals surface area contributed by atoms with Crippen molar-refractivity contribution >= 4 is 17.6 Å². The van der Waals surface area contributed by atoms with E-state index < -0.39 is 0 Å². The van der Waals surface area contributed by atoms with Gasteiger partial charge >= 0.3 is 0 Å². The van der Waals surface area contributed by atoms with Crippen molar-refractivity contribution in [1.82, 2.24) is 0 Å². The van der Waals surface area contributed by atoms with E-state index in [9.17, 15) is 0 Å². The Kier molecular flexibility index (Phi) is 3.67. The Morgan fingerprint density at radius 3 is 2.35 bits per heavy atom. The zero-order valence-corrected chi connectivity index (χ0v) is 9.89. The fourth-order valence-electron chi connectivity index (χ4n) is 1.44. The quantitative estimate of drug-likeness (QED) is 0.378. The SMILES string of the molecule is N/C(=N\O)c1ccccc1Sc1ccccc1. The van der Waals surface area contributed by atoms with Crippen LogP contribution in [0.5, 0.6) is 0 Å². The minimum Gasteiger partial charge on any atom is -0.409 e. The van der Waals surface area contributed by atoms with Crippen molar-refractivity contribution in [2.75, 3.05) is 0 Å². The molecule has 0 radical (unpaired) electrons. The molecule has 0 saturated heterocycles. The zero-order chi connectivity index (χ0) is 12.1. The van der Waals surface area contributed by atoms with Gasteiger partial charge in [-0.3, -0.25) is 0 Å². The van der Waals surface area contributed by atoms with Gasteiger partial charge in [-0.2, -0.15) is 0 Å². The van der Waals surface area contributed by atoms with Crippen LogP contribution in [-0.2, 0) is 0 Å². The Balaban J connectivity index is 2.33. The fourth-order valence-corrected chi connectivity index (χ4v) is 2.41. The van der Waals surface area contributed by atoms with Gasteiger partial charge in [-0.1, -0.05) is 53.3 Å². The minimum absolute atomic E-state index is 0.129. The number of nitrogens with zero attached hydrogens (tertiary/aromatic N) is 1. The highest BCUT2D eigenvalue weighted by Crippen LogP contribution is 2.29. The second-order valence-electron chi connectivity index (χ2n) is 3.40. The van der Waals surface area contributed by atoms with Crippen molar-refractivity contribution in [2.45, 2.75) is 9.79 Å². The maximum Gasteiger partial charge on any atom is 0.171 e. The van der Waals surface area contributed by atoms with Crippen molar-refractivity contribution in [3.63, 3.8) is 0 Å². The smallest absolute Gasteiger partial charge is 0.171 e. The molecule has 0 aliphatic heterocycles. The number of oxime groups is 1. The van der Waals surface area contributed by atoms with Gasteiger partial charge in [0.2, 0.25) is 0 Å². The van der Waals surface area contributed by atoms with E-state index in [1.165, 1.54) is 0 Å². The number of benzene rings is 2. The van der Waals surface area contributed by atoms with Crippen molar-refractivity contribution in [2.24, 2.45) is 10.9 Å². The lowest BCUT2D eigenvalue weighted by Crippen LogP contribution is -2.13. The van der Waals surface area contributed by atoms with Gasteiger partial charge in [-0.25, -0.2) is 0 Å². The summed E-state index contributed by atoms with van der Waals surface area (Å²) < 4.78 is 0. The third-order valence-electron chi connectivity index (χ3n) is 2.24. The van der Waals surface area contributed by atoms with Gasteiger partial charge < -0.3 is 10.9 Å². The molecule has 2 aromatic rings. The predicted octanol–water partition coefficient (Wildman–Crippen LogP) is 2.93. The normalized spacial score (nSPS) is 11.4. The monoisotopic (exact) mass is 244 g/mol. The van der Waals surface area contributed by atoms with E-state index in [1.54, 1.807) is 11.8 Å². The van der Waals surface area contributed by atoms with Crippen LogP contribution in [-0.4, -0.2) is 11.0 Å². The summed E-state index contributed by atoms with van der Waals surface area (Å²) in [6.45, 7) is 0. The molecule has 0 unspecified atom stereocenters. The molecule has 0 aromatic heterocycles. The largest absolute Gasteiger partial charge is 0.409 e. The van der Waals surface area contributed by atoms with Crippen LogP contribution in [0.2, 0.25) is 0 Å². The van der Waals surface area contributed by atoms with Crippen LogP contribution in [0.25, 0.3) is 0 Å². The molecule has 0 atom stereocenters. The average Bonchev–Trinajstić information content (AvgIpc) is 2.40. The second kappa shape index (κ2) is 5.41. The van der Waals surface area contributed by atoms with Crippen LogP contribution >= 0.6 is 11.8 Å². The average molecular weight is 244 g/mol. The van der Waals surface area contributed by atoms with Crippen LogP contribution in [0.1, 0.15) is 5.56 Å². The van der Waals surface area contributed by atoms with Crippen molar-refractivity contribution in [1.29, 1.82) is 0 Å². The van der Waals surface area contributed by atoms with Crippen molar-refractivity contribution < 1.29 is 5.21 Å². The molecular weight excluding hydrogens is 232 g/mol. The predicted molar refractivity (Wildman–Crippen MR) is 69.5 cm³/mol. The Bertz CT molecular complexity index is 526. The molecule has 2 aromatic carbocycles. The highest BCUT2D eigenvalue weighted by Gasteiger charge is 2.07. The molecule has 0 spiro atoms. The Morgan fingerprint density at radius 2 is 1.65 bits per heavy atom. The van der Waals surface area contributed by atoms with Crippen molar-refractivity contribution in [3.8, 4) is 0 Å². The number of amidine groups is 1. The Labute approximate surface area is 104 Å². The molecule has 0 heterocycles. The third-order valence-corrected chi connectivity index (χ3v) is 3.33. The van der Waals surface area contributed by atoms with Crippen LogP contribution in [0.4, 0.5) is 0 Å². The molecule has 0 aliphatic rings. The summed E-state index contributed by atoms with van der Waals surface area (Å²) in [5.74, 6) is 0.129. The third kappa shape index (κ3) is 2.79. The number of hydrogen-bond donors (Lipinski definition) is 2. The van der Waals surface area contributed by atoms with Crippen LogP contribution in [0, 0.1) is 0 Å². The van der Waals surface area contributed by atoms with Crippen molar-refractivity contribution in [3.05, 3.63) is 60.2 Å². The Morgan fingerprint density at radius 1 is 1.00 bits per heavy atom. The molecule has 0 amide bonds. The first-order valence-corrected chi connectivity index (χ1v) is 5.93. The first-order chi connectivity index (χ1) is 8.31. The minimum atomic E-state index is 0.129. The first-order valence-electron chi connectivity index (χ1n) is 5.11. The van der Waals surface area contributed by atoms with Crippen LogP contribution in [0.3, 0.4) is 0 Å². The molecule has 0 fully saturated rings. The fraction of sp³-hybridized carbons (Fsp3) is 0. The van der Waals surface area contributed by atoms with E-state index in [0.717, 1.165) is 15.4 Å². The van der Waals surface area contributed by atoms with E-state index in [-0.39, 0.29) is 5.84 Å². The van der Waals surface area contributed by atoms with Gasteiger partial charge in [0.25, 0.3) is 0 Å². The zero-order valence-electron chi connectivity index (χ0n) is 9.08. The number of rotatable bonds is 3. The van der Waals surface area contributed by atoms with E-state index in [1.807, 2.05) is 54.6 Å². The molecule has 86 valence electrons. The van der Waals surface area contributed by atoms with E-state index >= 15 is 0 Å². The van der Waals surface area contributed by atoms with Gasteiger partial charge in [0, 0.05) is 15.4 Å². The molecule has 0 aliphatic carbocycles. The summed E-state index contributed by atoms with van der Waals surface area (Å²) in [6, 6.07) is 17.6. The molecule has 3 nitrogen and oxygen atoms in total. The van der Waals surface area contributed by atoms with E-state index in [4.69, 9.17) is 10.9 Å².